The number of rotatable bonds is 2. The van der Waals surface area contributed by atoms with Gasteiger partial charge in [-0.2, -0.15) is 0 Å². The van der Waals surface area contributed by atoms with Crippen LogP contribution in [0, 0.1) is 20.8 Å². The van der Waals surface area contributed by atoms with Gasteiger partial charge in [0.25, 0.3) is 0 Å². The Balaban J connectivity index is 1.42. The molecule has 172 valence electrons. The molecule has 0 radical (unpaired) electrons. The van der Waals surface area contributed by atoms with Crippen LogP contribution in [-0.2, 0) is 0 Å². The third-order valence-electron chi connectivity index (χ3n) is 7.42. The molecule has 0 unspecified atom stereocenters. The van der Waals surface area contributed by atoms with E-state index in [1.54, 1.807) is 0 Å². The highest BCUT2D eigenvalue weighted by molar-refractivity contribution is 7.26. The lowest BCUT2D eigenvalue weighted by atomic mass is 9.92. The van der Waals surface area contributed by atoms with E-state index in [1.807, 2.05) is 11.3 Å². The molecule has 1 heteroatoms. The van der Waals surface area contributed by atoms with E-state index < -0.39 is 0 Å². The van der Waals surface area contributed by atoms with E-state index in [-0.39, 0.29) is 0 Å². The van der Waals surface area contributed by atoms with Crippen molar-refractivity contribution in [2.45, 2.75) is 20.8 Å². The largest absolute Gasteiger partial charge is 0.134 e. The highest BCUT2D eigenvalue weighted by Crippen LogP contribution is 2.43. The van der Waals surface area contributed by atoms with Gasteiger partial charge in [0, 0.05) is 20.2 Å². The lowest BCUT2D eigenvalue weighted by molar-refractivity contribution is 1.44. The van der Waals surface area contributed by atoms with Crippen LogP contribution in [0.2, 0.25) is 0 Å². The van der Waals surface area contributed by atoms with Gasteiger partial charge >= 0.3 is 0 Å². The fourth-order valence-electron chi connectivity index (χ4n) is 5.81. The maximum absolute atomic E-state index is 2.35. The van der Waals surface area contributed by atoms with Crippen molar-refractivity contribution in [2.75, 3.05) is 0 Å². The van der Waals surface area contributed by atoms with Crippen LogP contribution >= 0.6 is 11.3 Å². The smallest absolute Gasteiger partial charge is 0.0434 e. The average Bonchev–Trinajstić information content (AvgIpc) is 3.26. The molecule has 7 rings (SSSR count). The molecule has 36 heavy (non-hydrogen) atoms. The van der Waals surface area contributed by atoms with Gasteiger partial charge in [-0.25, -0.2) is 0 Å². The summed E-state index contributed by atoms with van der Waals surface area (Å²) in [6.45, 7) is 6.65. The molecule has 0 fully saturated rings. The first-order valence-electron chi connectivity index (χ1n) is 12.5. The van der Waals surface area contributed by atoms with Crippen LogP contribution in [0.25, 0.3) is 64.0 Å². The minimum absolute atomic E-state index is 1.26. The molecule has 0 saturated heterocycles. The van der Waals surface area contributed by atoms with Gasteiger partial charge in [0.05, 0.1) is 0 Å². The number of hydrogen-bond acceptors (Lipinski definition) is 1. The number of benzene rings is 6. The van der Waals surface area contributed by atoms with Gasteiger partial charge in [0.15, 0.2) is 0 Å². The van der Waals surface area contributed by atoms with Crippen LogP contribution in [0.3, 0.4) is 0 Å². The first kappa shape index (κ1) is 21.4. The molecule has 0 atom stereocenters. The van der Waals surface area contributed by atoms with Crippen molar-refractivity contribution in [3.63, 3.8) is 0 Å². The van der Waals surface area contributed by atoms with Gasteiger partial charge in [0.2, 0.25) is 0 Å². The average molecular weight is 479 g/mol. The van der Waals surface area contributed by atoms with Crippen molar-refractivity contribution < 1.29 is 0 Å². The quantitative estimate of drug-likeness (QED) is 0.217. The van der Waals surface area contributed by atoms with E-state index in [2.05, 4.69) is 124 Å². The third kappa shape index (κ3) is 3.27. The lowest BCUT2D eigenvalue weighted by Crippen LogP contribution is -1.86. The minimum atomic E-state index is 1.26. The second-order valence-electron chi connectivity index (χ2n) is 10.0. The Morgan fingerprint density at radius 1 is 0.444 bits per heavy atom. The predicted octanol–water partition coefficient (Wildman–Crippen LogP) is 10.6. The van der Waals surface area contributed by atoms with E-state index in [4.69, 9.17) is 0 Å². The molecule has 0 amide bonds. The molecule has 0 aliphatic heterocycles. The fraction of sp³-hybridized carbons (Fsp3) is 0.0857. The monoisotopic (exact) mass is 478 g/mol. The molecular weight excluding hydrogens is 452 g/mol. The highest BCUT2D eigenvalue weighted by Gasteiger charge is 2.14. The second-order valence-corrected chi connectivity index (χ2v) is 11.0. The summed E-state index contributed by atoms with van der Waals surface area (Å²) in [4.78, 5) is 0. The molecule has 0 aliphatic rings. The van der Waals surface area contributed by atoms with E-state index in [0.29, 0.717) is 0 Å². The van der Waals surface area contributed by atoms with Crippen LogP contribution in [0.4, 0.5) is 0 Å². The minimum Gasteiger partial charge on any atom is -0.134 e. The van der Waals surface area contributed by atoms with Crippen molar-refractivity contribution in [3.05, 3.63) is 120 Å². The predicted molar refractivity (Wildman–Crippen MR) is 159 cm³/mol. The molecule has 6 aromatic carbocycles. The Morgan fingerprint density at radius 2 is 1.03 bits per heavy atom. The SMILES string of the molecule is Cc1cc(C)c2sc3c(-c4ccc(-c5cc6ccccc6c6ccccc56)cc4)cc(C)cc3c2c1. The van der Waals surface area contributed by atoms with Gasteiger partial charge in [-0.15, -0.1) is 11.3 Å². The number of aryl methyl sites for hydroxylation is 3. The first-order chi connectivity index (χ1) is 17.6. The molecule has 0 bridgehead atoms. The summed E-state index contributed by atoms with van der Waals surface area (Å²) in [5.74, 6) is 0. The van der Waals surface area contributed by atoms with Crippen molar-refractivity contribution in [1.82, 2.24) is 0 Å². The van der Waals surface area contributed by atoms with Crippen LogP contribution in [-0.4, -0.2) is 0 Å². The molecule has 1 aromatic heterocycles. The Hall–Kier alpha value is -3.94. The molecular formula is C35H26S. The number of thiophene rings is 1. The summed E-state index contributed by atoms with van der Waals surface area (Å²) in [6, 6.07) is 38.3. The van der Waals surface area contributed by atoms with Crippen molar-refractivity contribution in [3.8, 4) is 22.3 Å². The molecule has 0 aliphatic carbocycles. The van der Waals surface area contributed by atoms with Gasteiger partial charge < -0.3 is 0 Å². The second kappa shape index (κ2) is 8.05. The van der Waals surface area contributed by atoms with Crippen LogP contribution in [0.15, 0.2) is 103 Å². The Morgan fingerprint density at radius 3 is 1.78 bits per heavy atom. The van der Waals surface area contributed by atoms with E-state index in [1.165, 1.54) is 80.7 Å². The summed E-state index contributed by atoms with van der Waals surface area (Å²) < 4.78 is 2.79. The summed E-state index contributed by atoms with van der Waals surface area (Å²) in [6.07, 6.45) is 0. The van der Waals surface area contributed by atoms with E-state index in [0.717, 1.165) is 0 Å². The van der Waals surface area contributed by atoms with Crippen molar-refractivity contribution >= 4 is 53.1 Å². The molecule has 7 aromatic rings. The summed E-state index contributed by atoms with van der Waals surface area (Å²) >= 11 is 1.93. The van der Waals surface area contributed by atoms with Crippen LogP contribution in [0.1, 0.15) is 16.7 Å². The van der Waals surface area contributed by atoms with Gasteiger partial charge in [0.1, 0.15) is 0 Å². The molecule has 0 N–H and O–H groups in total. The highest BCUT2D eigenvalue weighted by atomic mass is 32.1. The first-order valence-corrected chi connectivity index (χ1v) is 13.3. The van der Waals surface area contributed by atoms with E-state index in [9.17, 15) is 0 Å². The lowest BCUT2D eigenvalue weighted by Gasteiger charge is -2.12. The Kier molecular flexibility index (Phi) is 4.77. The van der Waals surface area contributed by atoms with Crippen LogP contribution in [0.5, 0.6) is 0 Å². The summed E-state index contributed by atoms with van der Waals surface area (Å²) in [5, 5.41) is 7.97. The zero-order valence-corrected chi connectivity index (χ0v) is 21.5. The molecule has 0 saturated carbocycles. The Labute approximate surface area is 215 Å². The fourth-order valence-corrected chi connectivity index (χ4v) is 7.08. The van der Waals surface area contributed by atoms with Gasteiger partial charge in [-0.1, -0.05) is 84.4 Å². The van der Waals surface area contributed by atoms with Gasteiger partial charge in [-0.3, -0.25) is 0 Å². The summed E-state index contributed by atoms with van der Waals surface area (Å²) in [7, 11) is 0. The van der Waals surface area contributed by atoms with E-state index >= 15 is 0 Å². The standard InChI is InChI=1S/C35H26S/c1-21-16-23(3)34-32(18-21)33-19-22(2)17-31(35(33)36-34)25-14-12-24(13-15-25)30-20-26-8-4-5-9-27(26)28-10-6-7-11-29(28)30/h4-20H,1-3H3. The normalized spacial score (nSPS) is 11.8. The number of hydrogen-bond donors (Lipinski definition) is 0. The molecule has 0 spiro atoms. The van der Waals surface area contributed by atoms with Crippen molar-refractivity contribution in [1.29, 1.82) is 0 Å². The maximum atomic E-state index is 2.35. The zero-order chi connectivity index (χ0) is 24.4. The van der Waals surface area contributed by atoms with Gasteiger partial charge in [-0.05, 0) is 100.0 Å². The van der Waals surface area contributed by atoms with Crippen molar-refractivity contribution in [2.24, 2.45) is 0 Å². The topological polar surface area (TPSA) is 0 Å². The molecule has 1 heterocycles. The third-order valence-corrected chi connectivity index (χ3v) is 8.81. The number of fused-ring (bicyclic) bond motifs is 6. The Bertz CT molecular complexity index is 1950. The van der Waals surface area contributed by atoms with Crippen LogP contribution < -0.4 is 0 Å². The summed E-state index contributed by atoms with van der Waals surface area (Å²) in [5.41, 5.74) is 9.16. The zero-order valence-electron chi connectivity index (χ0n) is 20.7. The maximum Gasteiger partial charge on any atom is 0.0434 e. The molecule has 0 nitrogen and oxygen atoms in total.